The average molecular weight is 307 g/mol. The van der Waals surface area contributed by atoms with E-state index in [0.29, 0.717) is 19.4 Å². The second-order valence-electron chi connectivity index (χ2n) is 4.52. The highest BCUT2D eigenvalue weighted by Gasteiger charge is 2.28. The van der Waals surface area contributed by atoms with E-state index in [2.05, 4.69) is 5.32 Å². The molecule has 1 aromatic rings. The summed E-state index contributed by atoms with van der Waals surface area (Å²) in [6, 6.07) is 7.63. The molecule has 0 aliphatic heterocycles. The standard InChI is InChI=1S/C14H20F3NOS/c1-18-10-11(7-8-20-14(15,16)17)9-12-5-3-4-6-13(12)19-2/h3-6,11,18H,7-10H2,1-2H3. The Morgan fingerprint density at radius 2 is 2.00 bits per heavy atom. The fourth-order valence-electron chi connectivity index (χ4n) is 2.09. The number of thioether (sulfide) groups is 1. The van der Waals surface area contributed by atoms with Crippen LogP contribution in [0.15, 0.2) is 24.3 Å². The van der Waals surface area contributed by atoms with Crippen LogP contribution in [-0.4, -0.2) is 32.0 Å². The number of alkyl halides is 3. The molecule has 2 nitrogen and oxygen atoms in total. The lowest BCUT2D eigenvalue weighted by molar-refractivity contribution is -0.0328. The Morgan fingerprint density at radius 3 is 2.60 bits per heavy atom. The predicted molar refractivity (Wildman–Crippen MR) is 77.2 cm³/mol. The number of rotatable bonds is 8. The third-order valence-electron chi connectivity index (χ3n) is 2.99. The quantitative estimate of drug-likeness (QED) is 0.791. The van der Waals surface area contributed by atoms with E-state index in [0.717, 1.165) is 11.3 Å². The van der Waals surface area contributed by atoms with E-state index in [1.54, 1.807) is 7.11 Å². The molecule has 1 atom stereocenters. The average Bonchev–Trinajstić information content (AvgIpc) is 2.38. The Morgan fingerprint density at radius 1 is 1.30 bits per heavy atom. The Balaban J connectivity index is 2.57. The van der Waals surface area contributed by atoms with E-state index < -0.39 is 5.51 Å². The van der Waals surface area contributed by atoms with Crippen molar-refractivity contribution in [1.29, 1.82) is 0 Å². The minimum atomic E-state index is -4.14. The highest BCUT2D eigenvalue weighted by atomic mass is 32.2. The van der Waals surface area contributed by atoms with Gasteiger partial charge in [-0.25, -0.2) is 0 Å². The summed E-state index contributed by atoms with van der Waals surface area (Å²) in [5.41, 5.74) is -3.11. The summed E-state index contributed by atoms with van der Waals surface area (Å²) in [7, 11) is 3.41. The Kier molecular flexibility index (Phi) is 7.23. The molecule has 0 spiro atoms. The molecular formula is C14H20F3NOS. The van der Waals surface area contributed by atoms with Crippen LogP contribution in [-0.2, 0) is 6.42 Å². The fraction of sp³-hybridized carbons (Fsp3) is 0.571. The van der Waals surface area contributed by atoms with Crippen LogP contribution in [0.1, 0.15) is 12.0 Å². The van der Waals surface area contributed by atoms with Crippen molar-refractivity contribution in [2.75, 3.05) is 26.5 Å². The first-order chi connectivity index (χ1) is 9.46. The summed E-state index contributed by atoms with van der Waals surface area (Å²) in [4.78, 5) is 0. The predicted octanol–water partition coefficient (Wildman–Crippen LogP) is 3.72. The van der Waals surface area contributed by atoms with Gasteiger partial charge in [0.05, 0.1) is 7.11 Å². The lowest BCUT2D eigenvalue weighted by Gasteiger charge is -2.18. The molecule has 0 amide bonds. The van der Waals surface area contributed by atoms with Crippen molar-refractivity contribution in [2.45, 2.75) is 18.3 Å². The van der Waals surface area contributed by atoms with E-state index in [4.69, 9.17) is 4.74 Å². The SMILES string of the molecule is CNCC(CCSC(F)(F)F)Cc1ccccc1OC. The first-order valence-electron chi connectivity index (χ1n) is 6.43. The number of methoxy groups -OCH3 is 1. The van der Waals surface area contributed by atoms with E-state index >= 15 is 0 Å². The van der Waals surface area contributed by atoms with Crippen LogP contribution in [0.2, 0.25) is 0 Å². The molecule has 0 aromatic heterocycles. The second kappa shape index (κ2) is 8.42. The van der Waals surface area contributed by atoms with Gasteiger partial charge in [0.15, 0.2) is 0 Å². The molecule has 0 aliphatic carbocycles. The van der Waals surface area contributed by atoms with Crippen molar-refractivity contribution in [3.05, 3.63) is 29.8 Å². The summed E-state index contributed by atoms with van der Waals surface area (Å²) < 4.78 is 41.8. The molecular weight excluding hydrogens is 287 g/mol. The number of halogens is 3. The van der Waals surface area contributed by atoms with Gasteiger partial charge in [-0.2, -0.15) is 13.2 Å². The molecule has 0 heterocycles. The highest BCUT2D eigenvalue weighted by Crippen LogP contribution is 2.32. The monoisotopic (exact) mass is 307 g/mol. The Bertz CT molecular complexity index is 398. The van der Waals surface area contributed by atoms with Crippen molar-refractivity contribution < 1.29 is 17.9 Å². The third-order valence-corrected chi connectivity index (χ3v) is 3.75. The summed E-state index contributed by atoms with van der Waals surface area (Å²) in [5, 5.41) is 3.04. The molecule has 0 fully saturated rings. The number of hydrogen-bond donors (Lipinski definition) is 1. The van der Waals surface area contributed by atoms with Gasteiger partial charge in [0, 0.05) is 5.75 Å². The fourth-order valence-corrected chi connectivity index (χ4v) is 2.77. The van der Waals surface area contributed by atoms with Crippen LogP contribution in [0.25, 0.3) is 0 Å². The number of ether oxygens (including phenoxy) is 1. The van der Waals surface area contributed by atoms with Gasteiger partial charge >= 0.3 is 5.51 Å². The molecule has 0 bridgehead atoms. The topological polar surface area (TPSA) is 21.3 Å². The van der Waals surface area contributed by atoms with Crippen molar-refractivity contribution >= 4 is 11.8 Å². The number of nitrogens with one attached hydrogen (secondary N) is 1. The van der Waals surface area contributed by atoms with Crippen molar-refractivity contribution in [1.82, 2.24) is 5.32 Å². The summed E-state index contributed by atoms with van der Waals surface area (Å²) in [6.45, 7) is 0.691. The van der Waals surface area contributed by atoms with E-state index in [9.17, 15) is 13.2 Å². The normalized spacial score (nSPS) is 13.2. The first kappa shape index (κ1) is 17.2. The van der Waals surface area contributed by atoms with Crippen molar-refractivity contribution in [3.63, 3.8) is 0 Å². The van der Waals surface area contributed by atoms with E-state index in [-0.39, 0.29) is 23.4 Å². The van der Waals surface area contributed by atoms with Crippen LogP contribution in [0.5, 0.6) is 5.75 Å². The molecule has 0 aliphatic rings. The maximum atomic E-state index is 12.2. The highest BCUT2D eigenvalue weighted by molar-refractivity contribution is 8.00. The number of benzene rings is 1. The molecule has 0 saturated carbocycles. The van der Waals surface area contributed by atoms with Crippen molar-refractivity contribution in [3.8, 4) is 5.75 Å². The van der Waals surface area contributed by atoms with Crippen LogP contribution in [0.3, 0.4) is 0 Å². The second-order valence-corrected chi connectivity index (χ2v) is 5.68. The zero-order valence-corrected chi connectivity index (χ0v) is 12.5. The molecule has 0 radical (unpaired) electrons. The van der Waals surface area contributed by atoms with Crippen LogP contribution in [0, 0.1) is 5.92 Å². The minimum absolute atomic E-state index is 0.0492. The molecule has 1 aromatic carbocycles. The summed E-state index contributed by atoms with van der Waals surface area (Å²) in [5.74, 6) is 1.04. The van der Waals surface area contributed by atoms with Crippen LogP contribution >= 0.6 is 11.8 Å². The first-order valence-corrected chi connectivity index (χ1v) is 7.42. The zero-order chi connectivity index (χ0) is 15.0. The molecule has 114 valence electrons. The van der Waals surface area contributed by atoms with Gasteiger partial charge in [-0.3, -0.25) is 0 Å². The van der Waals surface area contributed by atoms with Gasteiger partial charge in [0.2, 0.25) is 0 Å². The van der Waals surface area contributed by atoms with Crippen LogP contribution < -0.4 is 10.1 Å². The van der Waals surface area contributed by atoms with Gasteiger partial charge in [-0.1, -0.05) is 30.0 Å². The summed E-state index contributed by atoms with van der Waals surface area (Å²) >= 11 is 0.0492. The van der Waals surface area contributed by atoms with Gasteiger partial charge in [0.25, 0.3) is 0 Å². The lowest BCUT2D eigenvalue weighted by atomic mass is 9.96. The molecule has 0 saturated heterocycles. The van der Waals surface area contributed by atoms with E-state index in [1.807, 2.05) is 31.3 Å². The van der Waals surface area contributed by atoms with Gasteiger partial charge < -0.3 is 10.1 Å². The third kappa shape index (κ3) is 6.52. The minimum Gasteiger partial charge on any atom is -0.496 e. The van der Waals surface area contributed by atoms with Gasteiger partial charge in [-0.05, 0) is 44.0 Å². The Hall–Kier alpha value is -0.880. The van der Waals surface area contributed by atoms with E-state index in [1.165, 1.54) is 0 Å². The molecule has 20 heavy (non-hydrogen) atoms. The van der Waals surface area contributed by atoms with Gasteiger partial charge in [0.1, 0.15) is 5.75 Å². The molecule has 1 unspecified atom stereocenters. The zero-order valence-electron chi connectivity index (χ0n) is 11.7. The smallest absolute Gasteiger partial charge is 0.441 e. The van der Waals surface area contributed by atoms with Crippen LogP contribution in [0.4, 0.5) is 13.2 Å². The number of para-hydroxylation sites is 1. The Labute approximate surface area is 122 Å². The molecule has 6 heteroatoms. The van der Waals surface area contributed by atoms with Crippen molar-refractivity contribution in [2.24, 2.45) is 5.92 Å². The number of hydrogen-bond acceptors (Lipinski definition) is 3. The lowest BCUT2D eigenvalue weighted by Crippen LogP contribution is -2.22. The maximum absolute atomic E-state index is 12.2. The maximum Gasteiger partial charge on any atom is 0.441 e. The summed E-state index contributed by atoms with van der Waals surface area (Å²) in [6.07, 6.45) is 1.23. The molecule has 1 rings (SSSR count). The largest absolute Gasteiger partial charge is 0.496 e. The van der Waals surface area contributed by atoms with Gasteiger partial charge in [-0.15, -0.1) is 0 Å². The molecule has 1 N–H and O–H groups in total.